The molecule has 0 radical (unpaired) electrons. The Balaban J connectivity index is 1.11. The standard InChI is InChI=1S/C61H75N5O9/c1-37(2)29-60(3,71)33-64-35-65-34-61(73-36-62-4)30-49-46-28-48-54(40-12-17-50-39(25-40)20-22-66-50)42(31-63-21-8-11-38-9-6-5-7-10-38)26-47-51(69)19-16-44(55(47)48)56(46)58-45(15-14-43(32-68)74-58)57(49)75-59(61)41-13-18-52(70)53(27-41)72-24-23-67/h5-7,9-10,12-13,16-20,25-27,37,43,48,54,59,62-65,67-71H,8,11,14-15,21-24,28-36H2,1-4H3. The topological polar surface area (TPSA) is 199 Å². The van der Waals surface area contributed by atoms with Crippen LogP contribution in [0.15, 0.2) is 89.4 Å². The second kappa shape index (κ2) is 22.8. The van der Waals surface area contributed by atoms with Gasteiger partial charge in [0.25, 0.3) is 0 Å². The molecule has 6 atom stereocenters. The maximum Gasteiger partial charge on any atom is 0.161 e. The van der Waals surface area contributed by atoms with Crippen LogP contribution >= 0.6 is 0 Å². The Labute approximate surface area is 440 Å². The number of aryl methyl sites for hydroxylation is 1. The first-order valence-electron chi connectivity index (χ1n) is 27.0. The van der Waals surface area contributed by atoms with Gasteiger partial charge in [0.2, 0.25) is 0 Å². The third-order valence-corrected chi connectivity index (χ3v) is 15.7. The van der Waals surface area contributed by atoms with Crippen LogP contribution in [0, 0.1) is 5.92 Å². The maximum atomic E-state index is 11.9. The molecule has 0 bridgehead atoms. The van der Waals surface area contributed by atoms with Gasteiger partial charge in [0.1, 0.15) is 35.6 Å². The zero-order valence-corrected chi connectivity index (χ0v) is 43.9. The van der Waals surface area contributed by atoms with Crippen LogP contribution in [0.1, 0.15) is 102 Å². The van der Waals surface area contributed by atoms with Gasteiger partial charge < -0.3 is 60.4 Å². The number of benzene rings is 5. The van der Waals surface area contributed by atoms with Crippen LogP contribution in [-0.2, 0) is 30.4 Å². The molecule has 10 rings (SSSR count). The van der Waals surface area contributed by atoms with Crippen molar-refractivity contribution in [2.45, 2.75) is 101 Å². The summed E-state index contributed by atoms with van der Waals surface area (Å²) in [5, 5.41) is 70.8. The van der Waals surface area contributed by atoms with E-state index in [2.05, 4.69) is 95.8 Å². The highest BCUT2D eigenvalue weighted by molar-refractivity contribution is 5.89. The van der Waals surface area contributed by atoms with Gasteiger partial charge in [-0.3, -0.25) is 10.3 Å². The highest BCUT2D eigenvalue weighted by atomic mass is 16.6. The Kier molecular flexibility index (Phi) is 16.0. The number of phenols is 2. The number of nitrogens with one attached hydrogen (secondary N) is 4. The number of hydrogen-bond acceptors (Lipinski definition) is 14. The van der Waals surface area contributed by atoms with E-state index in [-0.39, 0.29) is 55.6 Å². The summed E-state index contributed by atoms with van der Waals surface area (Å²) in [6.07, 6.45) is 8.03. The SMILES string of the molecule is CNCOC1(CNCNCC(C)(O)CC(C)C)Cc2c3c(c4c(c2OC1c1ccc(O)c(OCCO)c1)CCC(CO)O4)-c1ccc(O)c2c1C(C3)C(c1ccc3c(c1)=CCN=3)C(CNCCCc1ccccc1)=C2. The lowest BCUT2D eigenvalue weighted by molar-refractivity contribution is -0.129. The van der Waals surface area contributed by atoms with Gasteiger partial charge in [-0.25, -0.2) is 0 Å². The Morgan fingerprint density at radius 1 is 0.907 bits per heavy atom. The largest absolute Gasteiger partial charge is 0.507 e. The third kappa shape index (κ3) is 10.9. The number of phenolic OH excluding ortho intramolecular Hbond substituents is 2. The lowest BCUT2D eigenvalue weighted by Gasteiger charge is -2.48. The second-order valence-corrected chi connectivity index (χ2v) is 21.8. The van der Waals surface area contributed by atoms with Crippen LogP contribution in [0.4, 0.5) is 0 Å². The molecule has 9 N–H and O–H groups in total. The van der Waals surface area contributed by atoms with E-state index < -0.39 is 23.4 Å². The minimum Gasteiger partial charge on any atom is -0.507 e. The third-order valence-electron chi connectivity index (χ3n) is 15.7. The highest BCUT2D eigenvalue weighted by Crippen LogP contribution is 2.61. The first-order chi connectivity index (χ1) is 36.4. The summed E-state index contributed by atoms with van der Waals surface area (Å²) in [6, 6.07) is 26.3. The molecule has 0 spiro atoms. The van der Waals surface area contributed by atoms with Crippen molar-refractivity contribution >= 4 is 12.2 Å². The molecule has 75 heavy (non-hydrogen) atoms. The summed E-state index contributed by atoms with van der Waals surface area (Å²) in [6.45, 7) is 9.09. The molecule has 0 saturated carbocycles. The molecule has 6 unspecified atom stereocenters. The van der Waals surface area contributed by atoms with E-state index in [0.29, 0.717) is 82.2 Å². The van der Waals surface area contributed by atoms with E-state index in [9.17, 15) is 25.5 Å². The normalized spacial score (nSPS) is 21.7. The summed E-state index contributed by atoms with van der Waals surface area (Å²) in [5.74, 6) is 1.96. The average molecular weight is 1020 g/mol. The van der Waals surface area contributed by atoms with Gasteiger partial charge in [-0.05, 0) is 151 Å². The number of ether oxygens (including phenoxy) is 4. The van der Waals surface area contributed by atoms with E-state index >= 15 is 0 Å². The average Bonchev–Trinajstić information content (AvgIpc) is 3.91. The molecule has 14 heteroatoms. The van der Waals surface area contributed by atoms with Gasteiger partial charge in [0.15, 0.2) is 17.6 Å². The van der Waals surface area contributed by atoms with Crippen molar-refractivity contribution in [1.29, 1.82) is 0 Å². The summed E-state index contributed by atoms with van der Waals surface area (Å²) in [5.41, 5.74) is 9.30. The van der Waals surface area contributed by atoms with E-state index in [1.807, 2.05) is 32.2 Å². The molecule has 0 aromatic heterocycles. The van der Waals surface area contributed by atoms with Crippen molar-refractivity contribution in [2.75, 3.05) is 73.0 Å². The maximum absolute atomic E-state index is 11.9. The summed E-state index contributed by atoms with van der Waals surface area (Å²) < 4.78 is 27.5. The van der Waals surface area contributed by atoms with Crippen molar-refractivity contribution in [3.8, 4) is 39.9 Å². The smallest absolute Gasteiger partial charge is 0.161 e. The molecule has 5 aromatic rings. The Morgan fingerprint density at radius 2 is 1.73 bits per heavy atom. The van der Waals surface area contributed by atoms with Gasteiger partial charge in [-0.15, -0.1) is 0 Å². The van der Waals surface area contributed by atoms with Crippen LogP contribution < -0.4 is 46.1 Å². The van der Waals surface area contributed by atoms with Crippen LogP contribution in [0.5, 0.6) is 28.7 Å². The summed E-state index contributed by atoms with van der Waals surface area (Å²) in [4.78, 5) is 4.75. The molecular weight excluding hydrogens is 947 g/mol. The van der Waals surface area contributed by atoms with Crippen molar-refractivity contribution in [1.82, 2.24) is 21.3 Å². The quantitative estimate of drug-likeness (QED) is 0.0281. The molecule has 398 valence electrons. The molecule has 3 heterocycles. The fourth-order valence-corrected chi connectivity index (χ4v) is 12.6. The fraction of sp³-hybridized carbons (Fsp3) is 0.459. The first kappa shape index (κ1) is 52.6. The van der Waals surface area contributed by atoms with Crippen molar-refractivity contribution < 1.29 is 44.5 Å². The number of rotatable bonds is 23. The predicted octanol–water partition coefficient (Wildman–Crippen LogP) is 5.82. The van der Waals surface area contributed by atoms with E-state index in [4.69, 9.17) is 23.9 Å². The number of aliphatic hydroxyl groups is 3. The van der Waals surface area contributed by atoms with E-state index in [1.165, 1.54) is 16.7 Å². The zero-order chi connectivity index (χ0) is 52.3. The Bertz CT molecular complexity index is 3020. The molecule has 3 aliphatic heterocycles. The van der Waals surface area contributed by atoms with Gasteiger partial charge in [0.05, 0.1) is 37.4 Å². The summed E-state index contributed by atoms with van der Waals surface area (Å²) in [7, 11) is 1.85. The number of aromatic hydroxyl groups is 2. The number of aliphatic hydroxyl groups excluding tert-OH is 2. The minimum atomic E-state index is -1.07. The zero-order valence-electron chi connectivity index (χ0n) is 43.9. The molecular formula is C61H75N5O9. The summed E-state index contributed by atoms with van der Waals surface area (Å²) >= 11 is 0. The lowest BCUT2D eigenvalue weighted by Crippen LogP contribution is -2.56. The molecule has 0 amide bonds. The van der Waals surface area contributed by atoms with Crippen molar-refractivity contribution in [3.63, 3.8) is 0 Å². The Hall–Kier alpha value is -5.81. The van der Waals surface area contributed by atoms with Gasteiger partial charge >= 0.3 is 0 Å². The van der Waals surface area contributed by atoms with Crippen molar-refractivity contribution in [3.05, 3.63) is 140 Å². The number of fused-ring (bicyclic) bond motifs is 8. The van der Waals surface area contributed by atoms with Crippen LogP contribution in [0.25, 0.3) is 23.3 Å². The monoisotopic (exact) mass is 1020 g/mol. The molecule has 5 aliphatic rings. The second-order valence-electron chi connectivity index (χ2n) is 21.8. The number of nitrogens with zero attached hydrogens (tertiary/aromatic N) is 1. The first-order valence-corrected chi connectivity index (χ1v) is 27.0. The van der Waals surface area contributed by atoms with Crippen LogP contribution in [0.3, 0.4) is 0 Å². The van der Waals surface area contributed by atoms with Crippen molar-refractivity contribution in [2.24, 2.45) is 10.9 Å². The number of hydrogen-bond donors (Lipinski definition) is 9. The molecule has 2 aliphatic carbocycles. The molecule has 0 saturated heterocycles. The van der Waals surface area contributed by atoms with Gasteiger partial charge in [-0.2, -0.15) is 0 Å². The minimum absolute atomic E-state index is 0.00696. The van der Waals surface area contributed by atoms with E-state index in [0.717, 1.165) is 74.7 Å². The van der Waals surface area contributed by atoms with E-state index in [1.54, 1.807) is 12.1 Å². The van der Waals surface area contributed by atoms with Crippen LogP contribution in [-0.4, -0.2) is 116 Å². The Morgan fingerprint density at radius 3 is 2.53 bits per heavy atom. The lowest BCUT2D eigenvalue weighted by atomic mass is 9.62. The highest BCUT2D eigenvalue weighted by Gasteiger charge is 2.51. The molecule has 14 nitrogen and oxygen atoms in total. The molecule has 0 fully saturated rings. The van der Waals surface area contributed by atoms with Crippen LogP contribution in [0.2, 0.25) is 0 Å². The fourth-order valence-electron chi connectivity index (χ4n) is 12.6. The predicted molar refractivity (Wildman–Crippen MR) is 291 cm³/mol. The molecule has 5 aromatic carbocycles. The van der Waals surface area contributed by atoms with Gasteiger partial charge in [-0.1, -0.05) is 68.5 Å². The van der Waals surface area contributed by atoms with Gasteiger partial charge in [0, 0.05) is 60.9 Å².